The van der Waals surface area contributed by atoms with E-state index in [9.17, 15) is 0 Å². The maximum absolute atomic E-state index is 5.85. The highest BCUT2D eigenvalue weighted by molar-refractivity contribution is 5.10. The Balaban J connectivity index is 1.78. The molecule has 1 heterocycles. The van der Waals surface area contributed by atoms with Gasteiger partial charge in [0.2, 0.25) is 0 Å². The van der Waals surface area contributed by atoms with Crippen LogP contribution >= 0.6 is 0 Å². The normalized spacial score (nSPS) is 17.7. The highest BCUT2D eigenvalue weighted by Crippen LogP contribution is 2.28. The van der Waals surface area contributed by atoms with Crippen LogP contribution in [-0.4, -0.2) is 22.9 Å². The zero-order chi connectivity index (χ0) is 12.8. The highest BCUT2D eigenvalue weighted by Gasteiger charge is 2.18. The Kier molecular flexibility index (Phi) is 5.20. The number of nitrogens with zero attached hydrogens (tertiary/aromatic N) is 2. The Labute approximate surface area is 110 Å². The van der Waals surface area contributed by atoms with Gasteiger partial charge in [-0.25, -0.2) is 0 Å². The third-order valence-corrected chi connectivity index (χ3v) is 3.91. The van der Waals surface area contributed by atoms with Gasteiger partial charge < -0.3 is 11.1 Å². The summed E-state index contributed by atoms with van der Waals surface area (Å²) in [5, 5.41) is 7.93. The van der Waals surface area contributed by atoms with Crippen LogP contribution in [-0.2, 0) is 6.54 Å². The number of hydrogen-bond acceptors (Lipinski definition) is 3. The van der Waals surface area contributed by atoms with E-state index < -0.39 is 0 Å². The smallest absolute Gasteiger partial charge is 0.0538 e. The Morgan fingerprint density at radius 2 is 2.39 bits per heavy atom. The lowest BCUT2D eigenvalue weighted by Crippen LogP contribution is -2.30. The van der Waals surface area contributed by atoms with Crippen molar-refractivity contribution in [3.05, 3.63) is 18.0 Å². The maximum Gasteiger partial charge on any atom is 0.0538 e. The average molecular weight is 250 g/mol. The molecule has 1 aromatic heterocycles. The van der Waals surface area contributed by atoms with Crippen molar-refractivity contribution in [2.24, 2.45) is 11.7 Å². The zero-order valence-corrected chi connectivity index (χ0v) is 11.4. The van der Waals surface area contributed by atoms with E-state index in [1.807, 2.05) is 10.9 Å². The fraction of sp³-hybridized carbons (Fsp3) is 0.786. The third-order valence-electron chi connectivity index (χ3n) is 3.91. The Morgan fingerprint density at radius 1 is 1.56 bits per heavy atom. The first-order valence-corrected chi connectivity index (χ1v) is 7.29. The predicted molar refractivity (Wildman–Crippen MR) is 74.3 cm³/mol. The first-order valence-electron chi connectivity index (χ1n) is 7.29. The van der Waals surface area contributed by atoms with E-state index in [0.717, 1.165) is 25.4 Å². The number of nitrogens with two attached hydrogens (primary N) is 1. The van der Waals surface area contributed by atoms with E-state index in [2.05, 4.69) is 23.5 Å². The van der Waals surface area contributed by atoms with Crippen molar-refractivity contribution in [3.8, 4) is 0 Å². The molecule has 1 aliphatic rings. The molecule has 18 heavy (non-hydrogen) atoms. The summed E-state index contributed by atoms with van der Waals surface area (Å²) in [6.07, 6.45) is 10.7. The lowest BCUT2D eigenvalue weighted by Gasteiger charge is -2.26. The molecule has 1 fully saturated rings. The van der Waals surface area contributed by atoms with Crippen molar-refractivity contribution in [2.45, 2.75) is 51.6 Å². The van der Waals surface area contributed by atoms with Gasteiger partial charge in [-0.3, -0.25) is 4.68 Å². The second-order valence-electron chi connectivity index (χ2n) is 5.36. The molecule has 102 valence electrons. The van der Waals surface area contributed by atoms with Gasteiger partial charge in [0.05, 0.1) is 6.20 Å². The SMILES string of the molecule is CCCn1cc(C(CN)NCCC2CCC2)cn1. The lowest BCUT2D eigenvalue weighted by molar-refractivity contribution is 0.288. The van der Waals surface area contributed by atoms with Crippen molar-refractivity contribution < 1.29 is 0 Å². The van der Waals surface area contributed by atoms with Gasteiger partial charge in [-0.2, -0.15) is 5.10 Å². The number of nitrogens with one attached hydrogen (secondary N) is 1. The van der Waals surface area contributed by atoms with Crippen LogP contribution in [0.4, 0.5) is 0 Å². The van der Waals surface area contributed by atoms with Gasteiger partial charge in [0.25, 0.3) is 0 Å². The van der Waals surface area contributed by atoms with Gasteiger partial charge in [-0.05, 0) is 25.3 Å². The van der Waals surface area contributed by atoms with Crippen LogP contribution < -0.4 is 11.1 Å². The van der Waals surface area contributed by atoms with Crippen LogP contribution in [0.15, 0.2) is 12.4 Å². The summed E-state index contributed by atoms with van der Waals surface area (Å²) in [4.78, 5) is 0. The zero-order valence-electron chi connectivity index (χ0n) is 11.4. The quantitative estimate of drug-likeness (QED) is 0.742. The number of aryl methyl sites for hydroxylation is 1. The van der Waals surface area contributed by atoms with Gasteiger partial charge >= 0.3 is 0 Å². The Bertz CT molecular complexity index is 343. The van der Waals surface area contributed by atoms with E-state index >= 15 is 0 Å². The number of rotatable bonds is 8. The maximum atomic E-state index is 5.85. The molecule has 4 nitrogen and oxygen atoms in total. The molecular weight excluding hydrogens is 224 g/mol. The largest absolute Gasteiger partial charge is 0.329 e. The minimum atomic E-state index is 0.260. The predicted octanol–water partition coefficient (Wildman–Crippen LogP) is 2.07. The molecule has 1 saturated carbocycles. The number of hydrogen-bond donors (Lipinski definition) is 2. The van der Waals surface area contributed by atoms with Crippen LogP contribution in [0.3, 0.4) is 0 Å². The van der Waals surface area contributed by atoms with Gasteiger partial charge in [-0.1, -0.05) is 26.2 Å². The second kappa shape index (κ2) is 6.90. The Morgan fingerprint density at radius 3 is 3.00 bits per heavy atom. The molecule has 1 aromatic rings. The summed E-state index contributed by atoms with van der Waals surface area (Å²) in [6, 6.07) is 0.260. The molecule has 0 spiro atoms. The molecule has 1 unspecified atom stereocenters. The molecule has 4 heteroatoms. The summed E-state index contributed by atoms with van der Waals surface area (Å²) in [6.45, 7) is 4.87. The molecule has 0 radical (unpaired) electrons. The average Bonchev–Trinajstić information content (AvgIpc) is 2.76. The van der Waals surface area contributed by atoms with Crippen molar-refractivity contribution in [3.63, 3.8) is 0 Å². The second-order valence-corrected chi connectivity index (χ2v) is 5.36. The van der Waals surface area contributed by atoms with Gasteiger partial charge in [0, 0.05) is 30.9 Å². The molecule has 3 N–H and O–H groups in total. The summed E-state index contributed by atoms with van der Waals surface area (Å²) in [5.41, 5.74) is 7.07. The van der Waals surface area contributed by atoms with Gasteiger partial charge in [-0.15, -0.1) is 0 Å². The van der Waals surface area contributed by atoms with Crippen LogP contribution in [0.5, 0.6) is 0 Å². The van der Waals surface area contributed by atoms with Crippen molar-refractivity contribution >= 4 is 0 Å². The molecule has 0 aliphatic heterocycles. The molecular formula is C14H26N4. The molecule has 1 atom stereocenters. The van der Waals surface area contributed by atoms with E-state index in [0.29, 0.717) is 6.54 Å². The number of aromatic nitrogens is 2. The molecule has 1 aliphatic carbocycles. The summed E-state index contributed by atoms with van der Waals surface area (Å²) in [7, 11) is 0. The van der Waals surface area contributed by atoms with E-state index in [1.165, 1.54) is 31.2 Å². The van der Waals surface area contributed by atoms with Crippen molar-refractivity contribution in [1.82, 2.24) is 15.1 Å². The minimum absolute atomic E-state index is 0.260. The standard InChI is InChI=1S/C14H26N4/c1-2-8-18-11-13(10-17-18)14(9-15)16-7-6-12-4-3-5-12/h10-12,14,16H,2-9,15H2,1H3. The van der Waals surface area contributed by atoms with Crippen molar-refractivity contribution in [2.75, 3.05) is 13.1 Å². The highest BCUT2D eigenvalue weighted by atomic mass is 15.3. The van der Waals surface area contributed by atoms with E-state index in [4.69, 9.17) is 5.73 Å². The third kappa shape index (κ3) is 3.56. The van der Waals surface area contributed by atoms with E-state index in [-0.39, 0.29) is 6.04 Å². The minimum Gasteiger partial charge on any atom is -0.329 e. The lowest BCUT2D eigenvalue weighted by atomic mass is 9.83. The van der Waals surface area contributed by atoms with Crippen LogP contribution in [0, 0.1) is 5.92 Å². The monoisotopic (exact) mass is 250 g/mol. The molecule has 0 aromatic carbocycles. The van der Waals surface area contributed by atoms with Crippen LogP contribution in [0.2, 0.25) is 0 Å². The summed E-state index contributed by atoms with van der Waals surface area (Å²) < 4.78 is 2.01. The molecule has 0 bridgehead atoms. The molecule has 0 saturated heterocycles. The summed E-state index contributed by atoms with van der Waals surface area (Å²) >= 11 is 0. The first kappa shape index (κ1) is 13.6. The fourth-order valence-corrected chi connectivity index (χ4v) is 2.49. The van der Waals surface area contributed by atoms with Crippen LogP contribution in [0.1, 0.15) is 50.6 Å². The van der Waals surface area contributed by atoms with Crippen LogP contribution in [0.25, 0.3) is 0 Å². The summed E-state index contributed by atoms with van der Waals surface area (Å²) in [5.74, 6) is 0.957. The van der Waals surface area contributed by atoms with E-state index in [1.54, 1.807) is 0 Å². The first-order chi connectivity index (χ1) is 8.83. The molecule has 0 amide bonds. The van der Waals surface area contributed by atoms with Gasteiger partial charge in [0.1, 0.15) is 0 Å². The topological polar surface area (TPSA) is 55.9 Å². The van der Waals surface area contributed by atoms with Gasteiger partial charge in [0.15, 0.2) is 0 Å². The molecule has 2 rings (SSSR count). The Hall–Kier alpha value is -0.870. The fourth-order valence-electron chi connectivity index (χ4n) is 2.49. The van der Waals surface area contributed by atoms with Crippen molar-refractivity contribution in [1.29, 1.82) is 0 Å².